The predicted molar refractivity (Wildman–Crippen MR) is 135 cm³/mol. The third kappa shape index (κ3) is 4.32. The number of aldehydes is 1. The van der Waals surface area contributed by atoms with Crippen molar-refractivity contribution < 1.29 is 22.8 Å². The summed E-state index contributed by atoms with van der Waals surface area (Å²) >= 11 is 0. The summed E-state index contributed by atoms with van der Waals surface area (Å²) in [7, 11) is 0. The highest BCUT2D eigenvalue weighted by molar-refractivity contribution is 5.99. The molecule has 3 nitrogen and oxygen atoms in total. The van der Waals surface area contributed by atoms with Crippen molar-refractivity contribution in [3.8, 4) is 0 Å². The molecule has 1 aliphatic heterocycles. The van der Waals surface area contributed by atoms with E-state index in [2.05, 4.69) is 23.5 Å². The average molecular weight is 508 g/mol. The molecule has 6 heteroatoms. The second kappa shape index (κ2) is 9.14. The first kappa shape index (κ1) is 24.4. The summed E-state index contributed by atoms with van der Waals surface area (Å²) in [5.74, 6) is 0.777. The van der Waals surface area contributed by atoms with E-state index in [4.69, 9.17) is 0 Å². The van der Waals surface area contributed by atoms with Crippen LogP contribution in [-0.4, -0.2) is 18.2 Å². The minimum atomic E-state index is -4.38. The number of hydrogen-bond acceptors (Lipinski definition) is 3. The number of halogens is 3. The molecule has 1 aromatic carbocycles. The first-order valence-corrected chi connectivity index (χ1v) is 13.5. The van der Waals surface area contributed by atoms with Gasteiger partial charge in [-0.2, -0.15) is 13.2 Å². The summed E-state index contributed by atoms with van der Waals surface area (Å²) in [5, 5.41) is 3.67. The second-order valence-corrected chi connectivity index (χ2v) is 11.7. The van der Waals surface area contributed by atoms with Crippen molar-refractivity contribution in [2.75, 3.05) is 0 Å². The van der Waals surface area contributed by atoms with Gasteiger partial charge in [-0.05, 0) is 67.4 Å². The van der Waals surface area contributed by atoms with Crippen LogP contribution in [0.3, 0.4) is 0 Å². The zero-order chi connectivity index (χ0) is 25.8. The standard InChI is InChI=1S/C31H32F3NO2/c32-31(33,34)23-10-11-24(18-36)30(17-23)15-22(16-30)21-12-27-29(28(37)13-21)25(19-6-2-1-3-7-19)14-26(35-27)20-8-4-5-9-20/h1-3,6-7,10-11,14,18,20-22,25,35H,4-5,8-9,12-13,15-17H2. The average Bonchev–Trinajstić information content (AvgIpc) is 3.41. The van der Waals surface area contributed by atoms with Gasteiger partial charge in [-0.1, -0.05) is 61.4 Å². The highest BCUT2D eigenvalue weighted by Crippen LogP contribution is 2.61. The highest BCUT2D eigenvalue weighted by Gasteiger charge is 2.54. The summed E-state index contributed by atoms with van der Waals surface area (Å²) in [6.07, 6.45) is 7.81. The lowest BCUT2D eigenvalue weighted by molar-refractivity contribution is -0.120. The molecular formula is C31H32F3NO2. The van der Waals surface area contributed by atoms with Gasteiger partial charge in [0.2, 0.25) is 0 Å². The molecule has 0 radical (unpaired) electrons. The maximum absolute atomic E-state index is 13.6. The number of nitrogens with one attached hydrogen (secondary N) is 1. The minimum Gasteiger partial charge on any atom is -0.362 e. The molecule has 0 saturated heterocycles. The fourth-order valence-electron chi connectivity index (χ4n) is 7.56. The van der Waals surface area contributed by atoms with Gasteiger partial charge in [0.25, 0.3) is 0 Å². The molecule has 6 rings (SSSR count). The lowest BCUT2D eigenvalue weighted by Crippen LogP contribution is -2.47. The third-order valence-electron chi connectivity index (χ3n) is 9.51. The van der Waals surface area contributed by atoms with Crippen LogP contribution in [0.15, 0.2) is 76.7 Å². The zero-order valence-corrected chi connectivity index (χ0v) is 20.8. The molecule has 1 heterocycles. The number of alkyl halides is 3. The van der Waals surface area contributed by atoms with Gasteiger partial charge in [0.05, 0.1) is 0 Å². The van der Waals surface area contributed by atoms with Crippen LogP contribution in [0.1, 0.15) is 69.3 Å². The van der Waals surface area contributed by atoms with Crippen LogP contribution in [-0.2, 0) is 9.59 Å². The molecule has 2 atom stereocenters. The normalized spacial score (nSPS) is 32.2. The molecule has 0 aromatic heterocycles. The Morgan fingerprint density at radius 3 is 2.38 bits per heavy atom. The summed E-state index contributed by atoms with van der Waals surface area (Å²) in [6.45, 7) is 0. The smallest absolute Gasteiger partial charge is 0.362 e. The Bertz CT molecular complexity index is 1220. The topological polar surface area (TPSA) is 46.2 Å². The largest absolute Gasteiger partial charge is 0.412 e. The van der Waals surface area contributed by atoms with Gasteiger partial charge >= 0.3 is 6.18 Å². The molecule has 2 fully saturated rings. The number of allylic oxidation sites excluding steroid dienone is 8. The Hall–Kier alpha value is -2.89. The van der Waals surface area contributed by atoms with Crippen molar-refractivity contribution in [1.29, 1.82) is 0 Å². The van der Waals surface area contributed by atoms with Gasteiger partial charge in [0, 0.05) is 40.3 Å². The van der Waals surface area contributed by atoms with Crippen LogP contribution >= 0.6 is 0 Å². The quantitative estimate of drug-likeness (QED) is 0.443. The monoisotopic (exact) mass is 507 g/mol. The van der Waals surface area contributed by atoms with Gasteiger partial charge in [-0.25, -0.2) is 0 Å². The molecule has 4 aliphatic carbocycles. The zero-order valence-electron chi connectivity index (χ0n) is 20.8. The fraction of sp³-hybridized carbons (Fsp3) is 0.484. The SMILES string of the molecule is O=CC1=CC=C(C(F)(F)F)CC12CC(C1CC(=O)C3=C(C1)NC(C1CCCC1)=CC3c1ccccc1)C2. The summed E-state index contributed by atoms with van der Waals surface area (Å²) in [5.41, 5.74) is 3.36. The number of carbonyl (C=O) groups excluding carboxylic acids is 2. The molecule has 2 unspecified atom stereocenters. The molecule has 1 spiro atoms. The molecule has 5 aliphatic rings. The number of rotatable bonds is 4. The Balaban J connectivity index is 1.24. The lowest BCUT2D eigenvalue weighted by atomic mass is 9.51. The van der Waals surface area contributed by atoms with Gasteiger partial charge in [0.15, 0.2) is 5.78 Å². The molecular weight excluding hydrogens is 475 g/mol. The van der Waals surface area contributed by atoms with E-state index in [0.29, 0.717) is 30.8 Å². The minimum absolute atomic E-state index is 0.0587. The van der Waals surface area contributed by atoms with Crippen LogP contribution < -0.4 is 5.32 Å². The van der Waals surface area contributed by atoms with Crippen molar-refractivity contribution in [2.24, 2.45) is 23.2 Å². The first-order chi connectivity index (χ1) is 17.8. The highest BCUT2D eigenvalue weighted by atomic mass is 19.4. The lowest BCUT2D eigenvalue weighted by Gasteiger charge is -2.53. The maximum Gasteiger partial charge on any atom is 0.412 e. The van der Waals surface area contributed by atoms with E-state index in [9.17, 15) is 22.8 Å². The van der Waals surface area contributed by atoms with Crippen LogP contribution in [0, 0.1) is 23.2 Å². The molecule has 37 heavy (non-hydrogen) atoms. The Morgan fingerprint density at radius 2 is 1.70 bits per heavy atom. The van der Waals surface area contributed by atoms with Crippen molar-refractivity contribution in [1.82, 2.24) is 5.32 Å². The molecule has 1 N–H and O–H groups in total. The van der Waals surface area contributed by atoms with E-state index in [1.54, 1.807) is 0 Å². The van der Waals surface area contributed by atoms with Crippen LogP contribution in [0.5, 0.6) is 0 Å². The van der Waals surface area contributed by atoms with Crippen molar-refractivity contribution >= 4 is 12.1 Å². The Morgan fingerprint density at radius 1 is 0.973 bits per heavy atom. The predicted octanol–water partition coefficient (Wildman–Crippen LogP) is 7.09. The van der Waals surface area contributed by atoms with E-state index in [-0.39, 0.29) is 30.0 Å². The Kier molecular flexibility index (Phi) is 6.04. The van der Waals surface area contributed by atoms with E-state index in [1.807, 2.05) is 18.2 Å². The first-order valence-electron chi connectivity index (χ1n) is 13.5. The number of hydrogen-bond donors (Lipinski definition) is 1. The fourth-order valence-corrected chi connectivity index (χ4v) is 7.56. The van der Waals surface area contributed by atoms with Gasteiger partial charge in [-0.15, -0.1) is 0 Å². The van der Waals surface area contributed by atoms with E-state index >= 15 is 0 Å². The molecule has 0 amide bonds. The number of ketones is 1. The summed E-state index contributed by atoms with van der Waals surface area (Å²) < 4.78 is 40.4. The third-order valence-corrected chi connectivity index (χ3v) is 9.51. The molecule has 2 saturated carbocycles. The van der Waals surface area contributed by atoms with Gasteiger partial charge < -0.3 is 5.32 Å². The second-order valence-electron chi connectivity index (χ2n) is 11.7. The maximum atomic E-state index is 13.6. The van der Waals surface area contributed by atoms with Crippen LogP contribution in [0.25, 0.3) is 0 Å². The van der Waals surface area contributed by atoms with Crippen molar-refractivity contribution in [3.05, 3.63) is 82.2 Å². The molecule has 0 bridgehead atoms. The van der Waals surface area contributed by atoms with E-state index in [1.165, 1.54) is 24.6 Å². The number of benzene rings is 1. The van der Waals surface area contributed by atoms with Crippen LogP contribution in [0.2, 0.25) is 0 Å². The van der Waals surface area contributed by atoms with Gasteiger partial charge in [0.1, 0.15) is 6.29 Å². The summed E-state index contributed by atoms with van der Waals surface area (Å²) in [4.78, 5) is 25.3. The number of dihydropyridines is 1. The molecule has 1 aromatic rings. The Labute approximate surface area is 215 Å². The number of carbonyl (C=O) groups is 2. The molecule has 194 valence electrons. The van der Waals surface area contributed by atoms with Crippen molar-refractivity contribution in [2.45, 2.75) is 69.9 Å². The van der Waals surface area contributed by atoms with E-state index in [0.717, 1.165) is 48.5 Å². The summed E-state index contributed by atoms with van der Waals surface area (Å²) in [6, 6.07) is 10.2. The van der Waals surface area contributed by atoms with Crippen LogP contribution in [0.4, 0.5) is 13.2 Å². The number of Topliss-reactive ketones (excluding diaryl/α,β-unsaturated/α-hetero) is 1. The van der Waals surface area contributed by atoms with E-state index < -0.39 is 17.2 Å². The van der Waals surface area contributed by atoms with Gasteiger partial charge in [-0.3, -0.25) is 9.59 Å². The van der Waals surface area contributed by atoms with Crippen molar-refractivity contribution in [3.63, 3.8) is 0 Å².